The molecule has 0 aromatic heterocycles. The molecule has 24 heavy (non-hydrogen) atoms. The Labute approximate surface area is 144 Å². The van der Waals surface area contributed by atoms with Gasteiger partial charge < -0.3 is 14.6 Å². The smallest absolute Gasteiger partial charge is 0.426 e. The fraction of sp³-hybridized carbons (Fsp3) is 0.850. The standard InChI is InChI=1S/C20H30O4/c1-11-6-5-7-13-10-14(21)16-12(2)8-9-20(19(16,3)4)17(15(11)13)23-18(22)24-20/h11,13-17,21H,2,5-10H2,1,3-4H3/t11-,13+,14-,15-,16-,17+,20-/m1/s1. The van der Waals surface area contributed by atoms with E-state index in [1.165, 1.54) is 6.42 Å². The zero-order chi connectivity index (χ0) is 17.3. The van der Waals surface area contributed by atoms with Crippen molar-refractivity contribution in [3.8, 4) is 0 Å². The van der Waals surface area contributed by atoms with E-state index in [-0.39, 0.29) is 23.4 Å². The molecule has 7 atom stereocenters. The fourth-order valence-electron chi connectivity index (χ4n) is 6.68. The monoisotopic (exact) mass is 334 g/mol. The third kappa shape index (κ3) is 1.98. The summed E-state index contributed by atoms with van der Waals surface area (Å²) in [6.07, 6.45) is 4.68. The molecule has 4 aliphatic rings. The van der Waals surface area contributed by atoms with Crippen LogP contribution in [-0.2, 0) is 9.47 Å². The zero-order valence-electron chi connectivity index (χ0n) is 15.1. The second-order valence-corrected chi connectivity index (χ2v) is 9.19. The van der Waals surface area contributed by atoms with Gasteiger partial charge in [-0.05, 0) is 37.5 Å². The predicted octanol–water partition coefficient (Wildman–Crippen LogP) is 4.07. The van der Waals surface area contributed by atoms with Gasteiger partial charge in [0.15, 0.2) is 5.60 Å². The van der Waals surface area contributed by atoms with Crippen LogP contribution >= 0.6 is 0 Å². The first kappa shape index (κ1) is 16.4. The number of carbonyl (C=O) groups excluding carboxylic acids is 1. The summed E-state index contributed by atoms with van der Waals surface area (Å²) >= 11 is 0. The van der Waals surface area contributed by atoms with Crippen LogP contribution in [0, 0.1) is 29.1 Å². The molecule has 1 spiro atoms. The van der Waals surface area contributed by atoms with Gasteiger partial charge in [0, 0.05) is 17.3 Å². The van der Waals surface area contributed by atoms with Crippen LogP contribution < -0.4 is 0 Å². The first-order chi connectivity index (χ1) is 11.3. The van der Waals surface area contributed by atoms with E-state index in [2.05, 4.69) is 27.4 Å². The molecular weight excluding hydrogens is 304 g/mol. The molecule has 3 saturated carbocycles. The van der Waals surface area contributed by atoms with Crippen molar-refractivity contribution < 1.29 is 19.4 Å². The second-order valence-electron chi connectivity index (χ2n) is 9.19. The van der Waals surface area contributed by atoms with Crippen LogP contribution in [-0.4, -0.2) is 29.1 Å². The van der Waals surface area contributed by atoms with Gasteiger partial charge in [-0.3, -0.25) is 0 Å². The van der Waals surface area contributed by atoms with Gasteiger partial charge in [-0.25, -0.2) is 4.79 Å². The lowest BCUT2D eigenvalue weighted by Gasteiger charge is -2.58. The highest BCUT2D eigenvalue weighted by molar-refractivity contribution is 5.64. The number of fused-ring (bicyclic) bond motifs is 3. The molecular formula is C20H30O4. The average molecular weight is 334 g/mol. The summed E-state index contributed by atoms with van der Waals surface area (Å²) in [6, 6.07) is 0. The number of hydrogen-bond acceptors (Lipinski definition) is 4. The number of ether oxygens (including phenoxy) is 2. The molecule has 3 aliphatic carbocycles. The van der Waals surface area contributed by atoms with E-state index >= 15 is 0 Å². The van der Waals surface area contributed by atoms with E-state index in [1.807, 2.05) is 0 Å². The Balaban J connectivity index is 1.87. The Morgan fingerprint density at radius 2 is 2.04 bits per heavy atom. The van der Waals surface area contributed by atoms with Gasteiger partial charge in [-0.15, -0.1) is 0 Å². The Bertz CT molecular complexity index is 568. The Morgan fingerprint density at radius 1 is 1.29 bits per heavy atom. The molecule has 1 N–H and O–H groups in total. The molecule has 4 heteroatoms. The van der Waals surface area contributed by atoms with Crippen LogP contribution in [0.3, 0.4) is 0 Å². The molecule has 134 valence electrons. The van der Waals surface area contributed by atoms with Gasteiger partial charge in [-0.1, -0.05) is 45.8 Å². The highest BCUT2D eigenvalue weighted by atomic mass is 16.8. The number of aliphatic hydroxyl groups is 1. The molecule has 2 bridgehead atoms. The number of hydrogen-bond donors (Lipinski definition) is 1. The minimum absolute atomic E-state index is 0.0403. The quantitative estimate of drug-likeness (QED) is 0.536. The Kier molecular flexibility index (Phi) is 3.58. The first-order valence-corrected chi connectivity index (χ1v) is 9.53. The molecule has 0 amide bonds. The highest BCUT2D eigenvalue weighted by Crippen LogP contribution is 2.62. The number of aliphatic hydroxyl groups excluding tert-OH is 1. The van der Waals surface area contributed by atoms with Crippen LogP contribution in [0.1, 0.15) is 59.3 Å². The third-order valence-electron chi connectivity index (χ3n) is 7.79. The van der Waals surface area contributed by atoms with E-state index in [0.717, 1.165) is 37.7 Å². The summed E-state index contributed by atoms with van der Waals surface area (Å²) in [5.41, 5.74) is 0.0918. The third-order valence-corrected chi connectivity index (χ3v) is 7.79. The van der Waals surface area contributed by atoms with E-state index in [1.54, 1.807) is 0 Å². The van der Waals surface area contributed by atoms with Crippen molar-refractivity contribution in [1.82, 2.24) is 0 Å². The van der Waals surface area contributed by atoms with E-state index in [9.17, 15) is 9.90 Å². The fourth-order valence-corrected chi connectivity index (χ4v) is 6.68. The Hall–Kier alpha value is -1.03. The summed E-state index contributed by atoms with van der Waals surface area (Å²) in [5.74, 6) is 1.13. The lowest BCUT2D eigenvalue weighted by Crippen LogP contribution is -2.65. The lowest BCUT2D eigenvalue weighted by atomic mass is 9.49. The van der Waals surface area contributed by atoms with Gasteiger partial charge in [0.2, 0.25) is 0 Å². The summed E-state index contributed by atoms with van der Waals surface area (Å²) < 4.78 is 11.8. The van der Waals surface area contributed by atoms with Crippen LogP contribution in [0.4, 0.5) is 4.79 Å². The average Bonchev–Trinajstić information content (AvgIpc) is 2.81. The van der Waals surface area contributed by atoms with Crippen LogP contribution in [0.2, 0.25) is 0 Å². The minimum Gasteiger partial charge on any atom is -0.426 e. The molecule has 4 nitrogen and oxygen atoms in total. The molecule has 0 aromatic carbocycles. The van der Waals surface area contributed by atoms with Crippen molar-refractivity contribution in [2.75, 3.05) is 0 Å². The molecule has 4 fully saturated rings. The topological polar surface area (TPSA) is 55.8 Å². The SMILES string of the molecule is C=C1CC[C@@]23OC(=O)O[C@H]2[C@H]2[C@@H](CCC[C@H]2C)C[C@@H](O)[C@@H]1C3(C)C. The van der Waals surface area contributed by atoms with Crippen LogP contribution in [0.5, 0.6) is 0 Å². The zero-order valence-corrected chi connectivity index (χ0v) is 15.1. The largest absolute Gasteiger partial charge is 0.509 e. The van der Waals surface area contributed by atoms with Crippen molar-refractivity contribution in [3.05, 3.63) is 12.2 Å². The Morgan fingerprint density at radius 3 is 2.79 bits per heavy atom. The molecule has 0 aromatic rings. The maximum Gasteiger partial charge on any atom is 0.509 e. The highest BCUT2D eigenvalue weighted by Gasteiger charge is 2.69. The number of rotatable bonds is 0. The van der Waals surface area contributed by atoms with Crippen LogP contribution in [0.15, 0.2) is 12.2 Å². The summed E-state index contributed by atoms with van der Waals surface area (Å²) in [7, 11) is 0. The van der Waals surface area contributed by atoms with E-state index < -0.39 is 17.9 Å². The lowest BCUT2D eigenvalue weighted by molar-refractivity contribution is -0.177. The first-order valence-electron chi connectivity index (χ1n) is 9.53. The molecule has 1 saturated heterocycles. The summed E-state index contributed by atoms with van der Waals surface area (Å²) in [5, 5.41) is 11.1. The maximum atomic E-state index is 12.2. The van der Waals surface area contributed by atoms with Crippen molar-refractivity contribution in [2.24, 2.45) is 29.1 Å². The summed E-state index contributed by atoms with van der Waals surface area (Å²) in [4.78, 5) is 12.2. The van der Waals surface area contributed by atoms with Crippen molar-refractivity contribution in [2.45, 2.75) is 77.1 Å². The van der Waals surface area contributed by atoms with Gasteiger partial charge in [0.25, 0.3) is 0 Å². The normalized spacial score (nSPS) is 50.0. The van der Waals surface area contributed by atoms with Gasteiger partial charge in [0.1, 0.15) is 6.10 Å². The van der Waals surface area contributed by atoms with E-state index in [4.69, 9.17) is 9.47 Å². The van der Waals surface area contributed by atoms with Gasteiger partial charge >= 0.3 is 6.16 Å². The van der Waals surface area contributed by atoms with Gasteiger partial charge in [-0.2, -0.15) is 0 Å². The van der Waals surface area contributed by atoms with Gasteiger partial charge in [0.05, 0.1) is 6.10 Å². The maximum absolute atomic E-state index is 12.2. The summed E-state index contributed by atoms with van der Waals surface area (Å²) in [6.45, 7) is 10.8. The molecule has 1 aliphatic heterocycles. The molecule has 0 unspecified atom stereocenters. The molecule has 0 radical (unpaired) electrons. The minimum atomic E-state index is -0.633. The number of carbonyl (C=O) groups is 1. The predicted molar refractivity (Wildman–Crippen MR) is 90.3 cm³/mol. The van der Waals surface area contributed by atoms with E-state index in [0.29, 0.717) is 11.8 Å². The van der Waals surface area contributed by atoms with Crippen LogP contribution in [0.25, 0.3) is 0 Å². The van der Waals surface area contributed by atoms with Crippen molar-refractivity contribution >= 4 is 6.16 Å². The van der Waals surface area contributed by atoms with Crippen molar-refractivity contribution in [3.63, 3.8) is 0 Å². The molecule has 1 heterocycles. The van der Waals surface area contributed by atoms with Crippen molar-refractivity contribution in [1.29, 1.82) is 0 Å². The molecule has 4 rings (SSSR count). The second kappa shape index (κ2) is 5.23.